The third-order valence-electron chi connectivity index (χ3n) is 9.35. The number of rotatable bonds is 42. The molecular formula is C57H88O4. The quantitative estimate of drug-likeness (QED) is 0.0378. The van der Waals surface area contributed by atoms with Crippen LogP contribution in [0.15, 0.2) is 158 Å². The highest BCUT2D eigenvalue weighted by atomic mass is 16.6. The van der Waals surface area contributed by atoms with Gasteiger partial charge in [-0.15, -0.1) is 0 Å². The average Bonchev–Trinajstić information content (AvgIpc) is 3.27. The number of aliphatic hydroxyl groups is 1. The number of hydrogen-bond acceptors (Lipinski definition) is 4. The summed E-state index contributed by atoms with van der Waals surface area (Å²) in [6.07, 6.45) is 81.7. The summed E-state index contributed by atoms with van der Waals surface area (Å²) in [6.45, 7) is 5.00. The Morgan fingerprint density at radius 3 is 1.02 bits per heavy atom. The maximum Gasteiger partial charge on any atom is 0.306 e. The van der Waals surface area contributed by atoms with E-state index < -0.39 is 6.10 Å². The molecule has 0 bridgehead atoms. The van der Waals surface area contributed by atoms with Crippen LogP contribution >= 0.6 is 0 Å². The van der Waals surface area contributed by atoms with E-state index in [1.165, 1.54) is 12.8 Å². The Hall–Kier alpha value is -3.99. The molecule has 0 spiro atoms. The minimum atomic E-state index is -0.577. The first-order chi connectivity index (χ1) is 30.2. The van der Waals surface area contributed by atoms with Crippen LogP contribution in [-0.4, -0.2) is 37.0 Å². The van der Waals surface area contributed by atoms with Crippen LogP contribution < -0.4 is 0 Å². The zero-order valence-electron chi connectivity index (χ0n) is 38.9. The number of esters is 1. The predicted octanol–water partition coefficient (Wildman–Crippen LogP) is 16.5. The first kappa shape index (κ1) is 57.0. The fourth-order valence-electron chi connectivity index (χ4n) is 5.84. The van der Waals surface area contributed by atoms with Crippen molar-refractivity contribution in [2.45, 2.75) is 174 Å². The molecular weight excluding hydrogens is 749 g/mol. The van der Waals surface area contributed by atoms with E-state index in [0.29, 0.717) is 13.0 Å². The van der Waals surface area contributed by atoms with Gasteiger partial charge in [-0.2, -0.15) is 0 Å². The van der Waals surface area contributed by atoms with Crippen LogP contribution in [0.1, 0.15) is 168 Å². The van der Waals surface area contributed by atoms with Crippen molar-refractivity contribution in [2.75, 3.05) is 19.8 Å². The summed E-state index contributed by atoms with van der Waals surface area (Å²) < 4.78 is 11.2. The highest BCUT2D eigenvalue weighted by Crippen LogP contribution is 2.09. The lowest BCUT2D eigenvalue weighted by Crippen LogP contribution is -2.27. The second-order valence-electron chi connectivity index (χ2n) is 15.1. The standard InChI is InChI=1S/C57H88O4/c1-3-5-7-9-11-13-15-17-19-21-23-25-27-28-29-31-33-35-37-39-41-43-45-47-49-51-53-60-55-56(54-58)61-57(59)52-50-48-46-44-42-40-38-36-34-32-30-26-24-22-20-18-16-14-12-10-8-6-4-2/h5-8,11-14,17-20,23-26,28-29,32-35,38-41,56,58H,3-4,9-10,15-16,21-22,27,30-31,36-37,42-55H2,1-2H3/b7-5-,8-6-,13-11-,14-12-,19-17-,20-18-,25-23-,26-24-,29-28-,34-32-,35-33-,40-38-,41-39-. The van der Waals surface area contributed by atoms with Gasteiger partial charge in [0.15, 0.2) is 0 Å². The van der Waals surface area contributed by atoms with Gasteiger partial charge in [0.1, 0.15) is 6.10 Å². The Kier molecular flexibility index (Phi) is 48.7. The van der Waals surface area contributed by atoms with Crippen LogP contribution in [0.2, 0.25) is 0 Å². The highest BCUT2D eigenvalue weighted by Gasteiger charge is 2.13. The number of ether oxygens (including phenoxy) is 2. The summed E-state index contributed by atoms with van der Waals surface area (Å²) >= 11 is 0. The largest absolute Gasteiger partial charge is 0.457 e. The van der Waals surface area contributed by atoms with Crippen molar-refractivity contribution in [3.8, 4) is 0 Å². The fourth-order valence-corrected chi connectivity index (χ4v) is 5.84. The van der Waals surface area contributed by atoms with Crippen LogP contribution in [0, 0.1) is 0 Å². The van der Waals surface area contributed by atoms with Gasteiger partial charge in [0.2, 0.25) is 0 Å². The van der Waals surface area contributed by atoms with Gasteiger partial charge in [0.25, 0.3) is 0 Å². The maximum absolute atomic E-state index is 12.3. The molecule has 0 radical (unpaired) electrons. The normalized spacial score (nSPS) is 13.8. The molecule has 0 rings (SSSR count). The summed E-state index contributed by atoms with van der Waals surface area (Å²) in [6, 6.07) is 0. The van der Waals surface area contributed by atoms with Crippen molar-refractivity contribution >= 4 is 5.97 Å². The summed E-state index contributed by atoms with van der Waals surface area (Å²) in [4.78, 5) is 12.3. The lowest BCUT2D eigenvalue weighted by Gasteiger charge is -2.15. The van der Waals surface area contributed by atoms with Gasteiger partial charge in [0.05, 0.1) is 13.2 Å². The van der Waals surface area contributed by atoms with E-state index in [2.05, 4.69) is 172 Å². The third-order valence-corrected chi connectivity index (χ3v) is 9.35. The lowest BCUT2D eigenvalue weighted by molar-refractivity contribution is -0.154. The Bertz CT molecular complexity index is 1340. The minimum Gasteiger partial charge on any atom is -0.457 e. The van der Waals surface area contributed by atoms with Crippen molar-refractivity contribution < 1.29 is 19.4 Å². The van der Waals surface area contributed by atoms with E-state index in [4.69, 9.17) is 9.47 Å². The van der Waals surface area contributed by atoms with Gasteiger partial charge in [-0.05, 0) is 122 Å². The minimum absolute atomic E-state index is 0.206. The van der Waals surface area contributed by atoms with Crippen molar-refractivity contribution in [2.24, 2.45) is 0 Å². The molecule has 340 valence electrons. The Balaban J connectivity index is 3.64. The molecule has 4 heteroatoms. The third kappa shape index (κ3) is 50.3. The van der Waals surface area contributed by atoms with Gasteiger partial charge in [-0.25, -0.2) is 0 Å². The number of carbonyl (C=O) groups excluding carboxylic acids is 1. The van der Waals surface area contributed by atoms with Crippen LogP contribution in [0.5, 0.6) is 0 Å². The number of aliphatic hydroxyl groups excluding tert-OH is 1. The fraction of sp³-hybridized carbons (Fsp3) is 0.526. The molecule has 0 fully saturated rings. The van der Waals surface area contributed by atoms with E-state index in [1.807, 2.05) is 0 Å². The average molecular weight is 837 g/mol. The van der Waals surface area contributed by atoms with E-state index in [9.17, 15) is 9.90 Å². The highest BCUT2D eigenvalue weighted by molar-refractivity contribution is 5.69. The van der Waals surface area contributed by atoms with E-state index in [0.717, 1.165) is 135 Å². The Labute approximate surface area is 375 Å². The molecule has 0 heterocycles. The number of hydrogen-bond donors (Lipinski definition) is 1. The number of unbranched alkanes of at least 4 members (excludes halogenated alkanes) is 8. The van der Waals surface area contributed by atoms with Gasteiger partial charge < -0.3 is 14.6 Å². The van der Waals surface area contributed by atoms with Crippen molar-refractivity contribution in [1.29, 1.82) is 0 Å². The second-order valence-corrected chi connectivity index (χ2v) is 15.1. The molecule has 0 aromatic heterocycles. The SMILES string of the molecule is CC/C=C\C/C=C\C/C=C\C/C=C\C/C=C\C/C=C\C/C=C\CCCCCCOCC(CO)OC(=O)CCCCCC/C=C\C/C=C\C/C=C\C/C=C\C/C=C\C/C=C\CC. The zero-order chi connectivity index (χ0) is 44.0. The molecule has 1 unspecified atom stereocenters. The van der Waals surface area contributed by atoms with Crippen LogP contribution in [0.3, 0.4) is 0 Å². The van der Waals surface area contributed by atoms with Gasteiger partial charge in [0, 0.05) is 13.0 Å². The number of allylic oxidation sites excluding steroid dienone is 26. The second kappa shape index (κ2) is 52.1. The molecule has 0 aliphatic rings. The molecule has 0 saturated heterocycles. The van der Waals surface area contributed by atoms with E-state index in [1.54, 1.807) is 0 Å². The van der Waals surface area contributed by atoms with Crippen LogP contribution in [0.4, 0.5) is 0 Å². The Morgan fingerprint density at radius 2 is 0.689 bits per heavy atom. The summed E-state index contributed by atoms with van der Waals surface area (Å²) in [5, 5.41) is 9.64. The number of carbonyl (C=O) groups is 1. The van der Waals surface area contributed by atoms with E-state index in [-0.39, 0.29) is 19.2 Å². The first-order valence-electron chi connectivity index (χ1n) is 24.1. The molecule has 0 aliphatic heterocycles. The molecule has 0 aliphatic carbocycles. The van der Waals surface area contributed by atoms with Crippen LogP contribution in [-0.2, 0) is 14.3 Å². The molecule has 0 aromatic rings. The molecule has 0 aromatic carbocycles. The monoisotopic (exact) mass is 837 g/mol. The Morgan fingerprint density at radius 1 is 0.393 bits per heavy atom. The summed E-state index contributed by atoms with van der Waals surface area (Å²) in [5.74, 6) is -0.242. The molecule has 1 N–H and O–H groups in total. The smallest absolute Gasteiger partial charge is 0.306 e. The molecule has 0 saturated carbocycles. The molecule has 0 amide bonds. The summed E-state index contributed by atoms with van der Waals surface area (Å²) in [7, 11) is 0. The topological polar surface area (TPSA) is 55.8 Å². The summed E-state index contributed by atoms with van der Waals surface area (Å²) in [5.41, 5.74) is 0. The molecule has 61 heavy (non-hydrogen) atoms. The van der Waals surface area contributed by atoms with Crippen molar-refractivity contribution in [1.82, 2.24) is 0 Å². The molecule has 4 nitrogen and oxygen atoms in total. The first-order valence-corrected chi connectivity index (χ1v) is 24.1. The van der Waals surface area contributed by atoms with Crippen LogP contribution in [0.25, 0.3) is 0 Å². The van der Waals surface area contributed by atoms with Gasteiger partial charge >= 0.3 is 5.97 Å². The van der Waals surface area contributed by atoms with Gasteiger partial charge in [-0.3, -0.25) is 4.79 Å². The lowest BCUT2D eigenvalue weighted by atomic mass is 10.1. The molecule has 1 atom stereocenters. The van der Waals surface area contributed by atoms with Gasteiger partial charge in [-0.1, -0.05) is 198 Å². The van der Waals surface area contributed by atoms with Crippen molar-refractivity contribution in [3.63, 3.8) is 0 Å². The maximum atomic E-state index is 12.3. The van der Waals surface area contributed by atoms with Crippen molar-refractivity contribution in [3.05, 3.63) is 158 Å². The van der Waals surface area contributed by atoms with E-state index >= 15 is 0 Å². The predicted molar refractivity (Wildman–Crippen MR) is 269 cm³/mol. The zero-order valence-corrected chi connectivity index (χ0v) is 38.9.